The summed E-state index contributed by atoms with van der Waals surface area (Å²) >= 11 is 1.37. The Bertz CT molecular complexity index is 721. The molecule has 0 unspecified atom stereocenters. The van der Waals surface area contributed by atoms with Crippen molar-refractivity contribution in [2.24, 2.45) is 5.73 Å². The van der Waals surface area contributed by atoms with Crippen LogP contribution in [0.5, 0.6) is 0 Å². The maximum atomic E-state index is 12.7. The highest BCUT2D eigenvalue weighted by atomic mass is 32.1. The van der Waals surface area contributed by atoms with Gasteiger partial charge in [0.1, 0.15) is 5.56 Å². The summed E-state index contributed by atoms with van der Waals surface area (Å²) in [5.74, 6) is -0.255. The molecule has 1 fully saturated rings. The molecule has 1 amide bonds. The van der Waals surface area contributed by atoms with Crippen molar-refractivity contribution in [1.29, 1.82) is 0 Å². The van der Waals surface area contributed by atoms with E-state index in [4.69, 9.17) is 5.73 Å². The van der Waals surface area contributed by atoms with Crippen molar-refractivity contribution in [1.82, 2.24) is 14.3 Å². The lowest BCUT2D eigenvalue weighted by Gasteiger charge is -2.37. The summed E-state index contributed by atoms with van der Waals surface area (Å²) in [5.41, 5.74) is 5.81. The summed E-state index contributed by atoms with van der Waals surface area (Å²) in [5, 5.41) is 1.78. The minimum atomic E-state index is -0.305. The molecule has 21 heavy (non-hydrogen) atoms. The van der Waals surface area contributed by atoms with Crippen molar-refractivity contribution in [3.63, 3.8) is 0 Å². The number of aromatic nitrogens is 2. The van der Waals surface area contributed by atoms with E-state index in [-0.39, 0.29) is 29.1 Å². The molecule has 0 radical (unpaired) electrons. The van der Waals surface area contributed by atoms with Crippen molar-refractivity contribution >= 4 is 22.2 Å². The number of hydrogen-bond donors (Lipinski definition) is 1. The molecule has 112 valence electrons. The third-order valence-electron chi connectivity index (χ3n) is 3.99. The number of hydrogen-bond acceptors (Lipinski definition) is 5. The first-order chi connectivity index (χ1) is 10.1. The first-order valence-corrected chi connectivity index (χ1v) is 7.99. The third-order valence-corrected chi connectivity index (χ3v) is 4.76. The zero-order valence-electron chi connectivity index (χ0n) is 11.9. The van der Waals surface area contributed by atoms with Gasteiger partial charge in [-0.15, -0.1) is 11.3 Å². The van der Waals surface area contributed by atoms with Gasteiger partial charge in [0.15, 0.2) is 4.96 Å². The summed E-state index contributed by atoms with van der Waals surface area (Å²) in [6.45, 7) is 2.56. The fourth-order valence-electron chi connectivity index (χ4n) is 2.88. The van der Waals surface area contributed by atoms with Crippen LogP contribution >= 0.6 is 11.3 Å². The third kappa shape index (κ3) is 2.47. The summed E-state index contributed by atoms with van der Waals surface area (Å²) < 4.78 is 1.42. The molecule has 0 spiro atoms. The summed E-state index contributed by atoms with van der Waals surface area (Å²) in [4.78, 5) is 31.7. The molecule has 6 nitrogen and oxygen atoms in total. The van der Waals surface area contributed by atoms with Crippen LogP contribution in [0, 0.1) is 0 Å². The van der Waals surface area contributed by atoms with E-state index >= 15 is 0 Å². The first kappa shape index (κ1) is 14.2. The van der Waals surface area contributed by atoms with Crippen LogP contribution in [0.2, 0.25) is 0 Å². The molecule has 2 aromatic heterocycles. The molecule has 2 aromatic rings. The molecule has 0 bridgehead atoms. The van der Waals surface area contributed by atoms with Crippen LogP contribution < -0.4 is 11.3 Å². The van der Waals surface area contributed by atoms with Gasteiger partial charge in [-0.1, -0.05) is 0 Å². The first-order valence-electron chi connectivity index (χ1n) is 7.11. The molecule has 1 saturated heterocycles. The normalized spacial score (nSPS) is 20.7. The highest BCUT2D eigenvalue weighted by Crippen LogP contribution is 2.20. The molecule has 1 aliphatic heterocycles. The van der Waals surface area contributed by atoms with Gasteiger partial charge >= 0.3 is 0 Å². The lowest BCUT2D eigenvalue weighted by molar-refractivity contribution is 0.0581. The predicted molar refractivity (Wildman–Crippen MR) is 81.7 cm³/mol. The van der Waals surface area contributed by atoms with Crippen LogP contribution in [0.15, 0.2) is 22.6 Å². The van der Waals surface area contributed by atoms with E-state index in [1.807, 2.05) is 6.92 Å². The number of likely N-dealkylation sites (tertiary alicyclic amines) is 1. The molecule has 7 heteroatoms. The van der Waals surface area contributed by atoms with Crippen molar-refractivity contribution < 1.29 is 4.79 Å². The van der Waals surface area contributed by atoms with E-state index in [9.17, 15) is 9.59 Å². The minimum absolute atomic E-state index is 0.00572. The molecule has 2 atom stereocenters. The van der Waals surface area contributed by atoms with Crippen molar-refractivity contribution in [3.8, 4) is 0 Å². The topological polar surface area (TPSA) is 80.7 Å². The van der Waals surface area contributed by atoms with E-state index < -0.39 is 0 Å². The fraction of sp³-hybridized carbons (Fsp3) is 0.500. The van der Waals surface area contributed by atoms with Gasteiger partial charge in [-0.3, -0.25) is 14.0 Å². The smallest absolute Gasteiger partial charge is 0.271 e. The Kier molecular flexibility index (Phi) is 3.77. The van der Waals surface area contributed by atoms with Crippen LogP contribution in [-0.2, 0) is 0 Å². The van der Waals surface area contributed by atoms with Crippen LogP contribution in [0.25, 0.3) is 4.96 Å². The highest BCUT2D eigenvalue weighted by Gasteiger charge is 2.31. The monoisotopic (exact) mass is 306 g/mol. The summed E-state index contributed by atoms with van der Waals surface area (Å²) in [7, 11) is 0. The lowest BCUT2D eigenvalue weighted by Crippen LogP contribution is -2.52. The molecule has 3 heterocycles. The summed E-state index contributed by atoms with van der Waals surface area (Å²) in [6.07, 6.45) is 5.94. The van der Waals surface area contributed by atoms with E-state index in [1.165, 1.54) is 21.9 Å². The highest BCUT2D eigenvalue weighted by molar-refractivity contribution is 7.15. The Morgan fingerprint density at radius 2 is 2.33 bits per heavy atom. The van der Waals surface area contributed by atoms with Gasteiger partial charge in [0.05, 0.1) is 0 Å². The second kappa shape index (κ2) is 5.57. The maximum absolute atomic E-state index is 12.7. The zero-order chi connectivity index (χ0) is 15.0. The van der Waals surface area contributed by atoms with Gasteiger partial charge in [0.25, 0.3) is 11.5 Å². The second-order valence-electron chi connectivity index (χ2n) is 5.45. The van der Waals surface area contributed by atoms with Crippen LogP contribution in [-0.4, -0.2) is 38.8 Å². The van der Waals surface area contributed by atoms with Crippen molar-refractivity contribution in [2.45, 2.75) is 38.3 Å². The van der Waals surface area contributed by atoms with Crippen molar-refractivity contribution in [2.75, 3.05) is 6.54 Å². The van der Waals surface area contributed by atoms with E-state index in [0.29, 0.717) is 11.5 Å². The number of amides is 1. The van der Waals surface area contributed by atoms with Gasteiger partial charge in [-0.25, -0.2) is 4.98 Å². The van der Waals surface area contributed by atoms with Crippen molar-refractivity contribution in [3.05, 3.63) is 33.7 Å². The maximum Gasteiger partial charge on any atom is 0.271 e. The number of piperidine rings is 1. The van der Waals surface area contributed by atoms with Crippen LogP contribution in [0.1, 0.15) is 36.5 Å². The summed E-state index contributed by atoms with van der Waals surface area (Å²) in [6, 6.07) is -0.108. The lowest BCUT2D eigenvalue weighted by atomic mass is 9.96. The van der Waals surface area contributed by atoms with Crippen LogP contribution in [0.4, 0.5) is 0 Å². The minimum Gasteiger partial charge on any atom is -0.334 e. The number of nitrogens with two attached hydrogens (primary N) is 1. The number of fused-ring (bicyclic) bond motifs is 1. The molecular weight excluding hydrogens is 288 g/mol. The second-order valence-corrected chi connectivity index (χ2v) is 6.33. The Balaban J connectivity index is 1.99. The Morgan fingerprint density at radius 1 is 1.52 bits per heavy atom. The van der Waals surface area contributed by atoms with E-state index in [2.05, 4.69) is 4.98 Å². The SMILES string of the molecule is C[C@H](N)[C@@H]1CCCCN1C(=O)c1cnc2sccn2c1=O. The standard InChI is InChI=1S/C14H18N4O2S/c1-9(15)11-4-2-3-5-17(11)12(19)10-8-16-14-18(13(10)20)6-7-21-14/h6-9,11H,2-5,15H2,1H3/t9-,11-/m0/s1. The Hall–Kier alpha value is -1.73. The Labute approximate surface area is 126 Å². The number of carbonyl (C=O) groups is 1. The van der Waals surface area contributed by atoms with Gasteiger partial charge in [-0.05, 0) is 26.2 Å². The fourth-order valence-corrected chi connectivity index (χ4v) is 3.56. The van der Waals surface area contributed by atoms with Crippen LogP contribution in [0.3, 0.4) is 0 Å². The molecular formula is C14H18N4O2S. The van der Waals surface area contributed by atoms with Gasteiger partial charge in [0.2, 0.25) is 0 Å². The molecule has 0 saturated carbocycles. The molecule has 0 aromatic carbocycles. The molecule has 3 rings (SSSR count). The largest absolute Gasteiger partial charge is 0.334 e. The Morgan fingerprint density at radius 3 is 3.10 bits per heavy atom. The number of thiazole rings is 1. The van der Waals surface area contributed by atoms with Gasteiger partial charge in [0, 0.05) is 36.4 Å². The molecule has 2 N–H and O–H groups in total. The van der Waals surface area contributed by atoms with Gasteiger partial charge < -0.3 is 10.6 Å². The average Bonchev–Trinajstić information content (AvgIpc) is 2.96. The van der Waals surface area contributed by atoms with Gasteiger partial charge in [-0.2, -0.15) is 0 Å². The van der Waals surface area contributed by atoms with E-state index in [1.54, 1.807) is 16.5 Å². The zero-order valence-corrected chi connectivity index (χ0v) is 12.7. The van der Waals surface area contributed by atoms with E-state index in [0.717, 1.165) is 19.3 Å². The average molecular weight is 306 g/mol. The predicted octanol–water partition coefficient (Wildman–Crippen LogP) is 1.10. The quantitative estimate of drug-likeness (QED) is 0.901. The number of rotatable bonds is 2. The number of nitrogens with zero attached hydrogens (tertiary/aromatic N) is 3. The molecule has 1 aliphatic rings. The molecule has 0 aliphatic carbocycles. The number of carbonyl (C=O) groups excluding carboxylic acids is 1.